The van der Waals surface area contributed by atoms with Crippen molar-refractivity contribution >= 4 is 23.1 Å². The minimum atomic E-state index is -0.677. The Hall–Kier alpha value is -2.61. The van der Waals surface area contributed by atoms with E-state index in [-0.39, 0.29) is 17.9 Å². The Morgan fingerprint density at radius 2 is 1.81 bits per heavy atom. The van der Waals surface area contributed by atoms with E-state index >= 15 is 0 Å². The molecule has 202 valence electrons. The lowest BCUT2D eigenvalue weighted by molar-refractivity contribution is -0.142. The third-order valence-corrected chi connectivity index (χ3v) is 9.21. The lowest BCUT2D eigenvalue weighted by Crippen LogP contribution is -2.35. The Balaban J connectivity index is 1.49. The summed E-state index contributed by atoms with van der Waals surface area (Å²) in [6, 6.07) is 4.73. The molecule has 1 aromatic heterocycles. The fourth-order valence-electron chi connectivity index (χ4n) is 7.04. The molecule has 8 heteroatoms. The molecule has 2 aromatic rings. The number of nitrogens with zero attached hydrogens (tertiary/aromatic N) is 3. The summed E-state index contributed by atoms with van der Waals surface area (Å²) < 4.78 is 13.1. The molecule has 2 aliphatic carbocycles. The number of carboxylic acids is 1. The molecule has 5 rings (SSSR count). The first-order valence-electron chi connectivity index (χ1n) is 14.0. The summed E-state index contributed by atoms with van der Waals surface area (Å²) in [5.74, 6) is 1.10. The molecule has 0 unspecified atom stereocenters. The van der Waals surface area contributed by atoms with Gasteiger partial charge in [0.15, 0.2) is 0 Å². The molecule has 2 saturated carbocycles. The average Bonchev–Trinajstić information content (AvgIpc) is 3.33. The fourth-order valence-corrected chi connectivity index (χ4v) is 7.04. The highest BCUT2D eigenvalue weighted by Crippen LogP contribution is 2.41. The summed E-state index contributed by atoms with van der Waals surface area (Å²) in [5.41, 5.74) is 4.51. The van der Waals surface area contributed by atoms with Crippen molar-refractivity contribution in [3.05, 3.63) is 29.1 Å². The van der Waals surface area contributed by atoms with E-state index in [9.17, 15) is 14.7 Å². The van der Waals surface area contributed by atoms with Crippen molar-refractivity contribution in [3.8, 4) is 0 Å². The van der Waals surface area contributed by atoms with E-state index in [2.05, 4.69) is 23.6 Å². The first-order valence-corrected chi connectivity index (χ1v) is 14.0. The second kappa shape index (κ2) is 11.0. The highest BCUT2D eigenvalue weighted by molar-refractivity contribution is 5.82. The minimum absolute atomic E-state index is 0.246. The molecule has 1 atom stereocenters. The number of fused-ring (bicyclic) bond motifs is 3. The van der Waals surface area contributed by atoms with Crippen molar-refractivity contribution in [2.24, 2.45) is 11.8 Å². The van der Waals surface area contributed by atoms with Crippen molar-refractivity contribution in [1.29, 1.82) is 0 Å². The second-order valence-corrected chi connectivity index (χ2v) is 11.4. The van der Waals surface area contributed by atoms with E-state index in [1.165, 1.54) is 25.5 Å². The molecule has 1 amide bonds. The summed E-state index contributed by atoms with van der Waals surface area (Å²) >= 11 is 0. The molecule has 3 aliphatic rings. The SMILES string of the molecule is COC(=O)N1CCc2ccc3c(nc(C4CCC(C(=O)O)CC4)n3[C@@H](C)CC3CCC(OC)CC3)c2C1. The number of aromatic nitrogens is 2. The van der Waals surface area contributed by atoms with Gasteiger partial charge in [0.25, 0.3) is 0 Å². The van der Waals surface area contributed by atoms with E-state index < -0.39 is 5.97 Å². The Kier molecular flexibility index (Phi) is 7.75. The number of hydrogen-bond donors (Lipinski definition) is 1. The van der Waals surface area contributed by atoms with Gasteiger partial charge in [0.2, 0.25) is 0 Å². The van der Waals surface area contributed by atoms with Crippen LogP contribution in [-0.2, 0) is 27.2 Å². The maximum absolute atomic E-state index is 12.3. The van der Waals surface area contributed by atoms with Crippen LogP contribution in [0.5, 0.6) is 0 Å². The third kappa shape index (κ3) is 5.22. The minimum Gasteiger partial charge on any atom is -0.481 e. The quantitative estimate of drug-likeness (QED) is 0.537. The van der Waals surface area contributed by atoms with Crippen molar-refractivity contribution in [2.75, 3.05) is 20.8 Å². The van der Waals surface area contributed by atoms with Gasteiger partial charge < -0.3 is 24.0 Å². The summed E-state index contributed by atoms with van der Waals surface area (Å²) in [6.45, 7) is 3.48. The van der Waals surface area contributed by atoms with Gasteiger partial charge in [-0.2, -0.15) is 0 Å². The molecule has 2 fully saturated rings. The number of hydrogen-bond acceptors (Lipinski definition) is 5. The maximum atomic E-state index is 12.3. The van der Waals surface area contributed by atoms with Gasteiger partial charge in [-0.15, -0.1) is 0 Å². The third-order valence-electron chi connectivity index (χ3n) is 9.21. The summed E-state index contributed by atoms with van der Waals surface area (Å²) in [6.07, 6.45) is 9.73. The van der Waals surface area contributed by atoms with Crippen LogP contribution >= 0.6 is 0 Å². The molecule has 1 aromatic carbocycles. The molecule has 0 saturated heterocycles. The van der Waals surface area contributed by atoms with Gasteiger partial charge in [-0.3, -0.25) is 4.79 Å². The van der Waals surface area contributed by atoms with Crippen LogP contribution in [0.2, 0.25) is 0 Å². The van der Waals surface area contributed by atoms with E-state index in [1.54, 1.807) is 4.90 Å². The standard InChI is InChI=1S/C29H41N3O5/c1-18(16-19-4-11-23(36-2)12-5-19)32-25-13-10-20-14-15-31(29(35)37-3)17-24(20)26(25)30-27(32)21-6-8-22(9-7-21)28(33)34/h10,13,18-19,21-23H,4-9,11-12,14-17H2,1-3H3,(H,33,34)/t18-,19?,21?,22?,23?/m0/s1. The summed E-state index contributed by atoms with van der Waals surface area (Å²) in [7, 11) is 3.25. The first-order chi connectivity index (χ1) is 17.9. The number of ether oxygens (including phenoxy) is 2. The van der Waals surface area contributed by atoms with Crippen LogP contribution in [0.3, 0.4) is 0 Å². The second-order valence-electron chi connectivity index (χ2n) is 11.4. The predicted molar refractivity (Wildman–Crippen MR) is 141 cm³/mol. The monoisotopic (exact) mass is 511 g/mol. The molecule has 2 heterocycles. The number of amides is 1. The zero-order valence-electron chi connectivity index (χ0n) is 22.4. The molecular formula is C29H41N3O5. The fraction of sp³-hybridized carbons (Fsp3) is 0.690. The van der Waals surface area contributed by atoms with E-state index in [0.29, 0.717) is 44.0 Å². The number of carbonyl (C=O) groups excluding carboxylic acids is 1. The normalized spacial score (nSPS) is 27.1. The van der Waals surface area contributed by atoms with Gasteiger partial charge in [-0.05, 0) is 88.7 Å². The topological polar surface area (TPSA) is 93.9 Å². The number of methoxy groups -OCH3 is 2. The molecule has 0 radical (unpaired) electrons. The van der Waals surface area contributed by atoms with Gasteiger partial charge in [0.1, 0.15) is 5.82 Å². The molecule has 8 nitrogen and oxygen atoms in total. The van der Waals surface area contributed by atoms with Crippen molar-refractivity contribution in [1.82, 2.24) is 14.5 Å². The molecular weight excluding hydrogens is 470 g/mol. The van der Waals surface area contributed by atoms with Crippen LogP contribution in [0, 0.1) is 11.8 Å². The van der Waals surface area contributed by atoms with Crippen molar-refractivity contribution in [3.63, 3.8) is 0 Å². The Bertz CT molecular complexity index is 1130. The number of aliphatic carboxylic acids is 1. The predicted octanol–water partition coefficient (Wildman–Crippen LogP) is 5.68. The lowest BCUT2D eigenvalue weighted by atomic mass is 9.81. The van der Waals surface area contributed by atoms with E-state index in [0.717, 1.165) is 60.9 Å². The van der Waals surface area contributed by atoms with Crippen LogP contribution in [-0.4, -0.2) is 58.5 Å². The zero-order chi connectivity index (χ0) is 26.1. The van der Waals surface area contributed by atoms with Gasteiger partial charge in [0, 0.05) is 31.2 Å². The Labute approximate surface area is 219 Å². The van der Waals surface area contributed by atoms with Crippen molar-refractivity contribution < 1.29 is 24.2 Å². The maximum Gasteiger partial charge on any atom is 0.409 e. The van der Waals surface area contributed by atoms with Crippen LogP contribution in [0.1, 0.15) is 93.6 Å². The number of carboxylic acid groups (broad SMARTS) is 1. The van der Waals surface area contributed by atoms with Gasteiger partial charge in [-0.25, -0.2) is 9.78 Å². The first kappa shape index (κ1) is 26.0. The highest BCUT2D eigenvalue weighted by Gasteiger charge is 2.33. The van der Waals surface area contributed by atoms with Crippen LogP contribution < -0.4 is 0 Å². The number of imidazole rings is 1. The van der Waals surface area contributed by atoms with Crippen molar-refractivity contribution in [2.45, 2.75) is 95.7 Å². The number of carbonyl (C=O) groups is 2. The van der Waals surface area contributed by atoms with Gasteiger partial charge in [0.05, 0.1) is 36.7 Å². The Morgan fingerprint density at radius 3 is 2.46 bits per heavy atom. The largest absolute Gasteiger partial charge is 0.481 e. The molecule has 1 aliphatic heterocycles. The molecule has 0 spiro atoms. The number of benzene rings is 1. The lowest BCUT2D eigenvalue weighted by Gasteiger charge is -2.32. The smallest absolute Gasteiger partial charge is 0.409 e. The van der Waals surface area contributed by atoms with E-state index in [4.69, 9.17) is 14.5 Å². The molecule has 0 bridgehead atoms. The molecule has 37 heavy (non-hydrogen) atoms. The summed E-state index contributed by atoms with van der Waals surface area (Å²) in [4.78, 5) is 30.9. The summed E-state index contributed by atoms with van der Waals surface area (Å²) in [5, 5.41) is 9.52. The van der Waals surface area contributed by atoms with Crippen LogP contribution in [0.4, 0.5) is 4.79 Å². The Morgan fingerprint density at radius 1 is 1.08 bits per heavy atom. The van der Waals surface area contributed by atoms with E-state index in [1.807, 2.05) is 7.11 Å². The highest BCUT2D eigenvalue weighted by atomic mass is 16.5. The van der Waals surface area contributed by atoms with Gasteiger partial charge >= 0.3 is 12.1 Å². The van der Waals surface area contributed by atoms with Gasteiger partial charge in [-0.1, -0.05) is 6.07 Å². The van der Waals surface area contributed by atoms with Crippen LogP contribution in [0.15, 0.2) is 12.1 Å². The average molecular weight is 512 g/mol. The van der Waals surface area contributed by atoms with Crippen LogP contribution in [0.25, 0.3) is 11.0 Å². The molecule has 1 N–H and O–H groups in total. The number of rotatable bonds is 6. The zero-order valence-corrected chi connectivity index (χ0v) is 22.4.